The molecule has 24 heavy (non-hydrogen) atoms. The standard InChI is InChI=1S/C17H17N3O4/c21-10-2-4-11-3-1-5-13-15(11)16(22)20(12-6-7-12)14(19-13)8-9-18-17(23)24/h1,3,5,12,18,21H,6-10H2,(H,23,24). The number of benzene rings is 1. The van der Waals surface area contributed by atoms with Crippen molar-refractivity contribution in [3.8, 4) is 11.8 Å². The van der Waals surface area contributed by atoms with E-state index in [2.05, 4.69) is 22.1 Å². The molecule has 0 unspecified atom stereocenters. The fourth-order valence-electron chi connectivity index (χ4n) is 2.69. The van der Waals surface area contributed by atoms with Crippen LogP contribution in [0.15, 0.2) is 23.0 Å². The number of hydrogen-bond acceptors (Lipinski definition) is 4. The van der Waals surface area contributed by atoms with Gasteiger partial charge in [-0.1, -0.05) is 17.9 Å². The zero-order chi connectivity index (χ0) is 17.1. The molecule has 1 heterocycles. The minimum Gasteiger partial charge on any atom is -0.465 e. The van der Waals surface area contributed by atoms with Gasteiger partial charge in [-0.2, -0.15) is 0 Å². The summed E-state index contributed by atoms with van der Waals surface area (Å²) >= 11 is 0. The first-order chi connectivity index (χ1) is 11.6. The van der Waals surface area contributed by atoms with Crippen molar-refractivity contribution >= 4 is 17.0 Å². The minimum atomic E-state index is -1.10. The van der Waals surface area contributed by atoms with E-state index >= 15 is 0 Å². The van der Waals surface area contributed by atoms with Gasteiger partial charge in [0.1, 0.15) is 12.4 Å². The number of nitrogens with one attached hydrogen (secondary N) is 1. The molecule has 1 aromatic heterocycles. The lowest BCUT2D eigenvalue weighted by atomic mass is 10.1. The van der Waals surface area contributed by atoms with Crippen molar-refractivity contribution in [3.63, 3.8) is 0 Å². The lowest BCUT2D eigenvalue weighted by molar-refractivity contribution is 0.194. The normalized spacial score (nSPS) is 13.4. The van der Waals surface area contributed by atoms with Crippen molar-refractivity contribution in [2.75, 3.05) is 13.2 Å². The van der Waals surface area contributed by atoms with Crippen molar-refractivity contribution in [2.24, 2.45) is 0 Å². The van der Waals surface area contributed by atoms with Crippen molar-refractivity contribution in [3.05, 3.63) is 39.9 Å². The number of rotatable bonds is 4. The highest BCUT2D eigenvalue weighted by Gasteiger charge is 2.28. The second-order valence-electron chi connectivity index (χ2n) is 5.58. The molecule has 3 N–H and O–H groups in total. The summed E-state index contributed by atoms with van der Waals surface area (Å²) in [7, 11) is 0. The summed E-state index contributed by atoms with van der Waals surface area (Å²) in [5.41, 5.74) is 0.922. The molecule has 0 spiro atoms. The van der Waals surface area contributed by atoms with Crippen LogP contribution in [-0.4, -0.2) is 39.0 Å². The van der Waals surface area contributed by atoms with Gasteiger partial charge in [0.05, 0.1) is 10.9 Å². The van der Waals surface area contributed by atoms with E-state index in [0.717, 1.165) is 12.8 Å². The number of amides is 1. The summed E-state index contributed by atoms with van der Waals surface area (Å²) in [6.07, 6.45) is 1.08. The van der Waals surface area contributed by atoms with E-state index in [9.17, 15) is 9.59 Å². The Morgan fingerprint density at radius 1 is 1.42 bits per heavy atom. The van der Waals surface area contributed by atoms with Gasteiger partial charge in [-0.25, -0.2) is 9.78 Å². The Morgan fingerprint density at radius 2 is 2.21 bits per heavy atom. The molecule has 1 fully saturated rings. The first kappa shape index (κ1) is 16.0. The molecule has 1 aromatic carbocycles. The lowest BCUT2D eigenvalue weighted by Crippen LogP contribution is -2.29. The SMILES string of the molecule is O=C(O)NCCc1nc2cccc(C#CCO)c2c(=O)n1C1CC1. The Bertz CT molecular complexity index is 904. The number of hydrogen-bond donors (Lipinski definition) is 3. The van der Waals surface area contributed by atoms with E-state index in [1.54, 1.807) is 22.8 Å². The molecule has 0 bridgehead atoms. The predicted octanol–water partition coefficient (Wildman–Crippen LogP) is 0.885. The molecule has 7 nitrogen and oxygen atoms in total. The molecule has 0 aliphatic heterocycles. The third-order valence-electron chi connectivity index (χ3n) is 3.84. The number of carbonyl (C=O) groups is 1. The molecular weight excluding hydrogens is 310 g/mol. The number of nitrogens with zero attached hydrogens (tertiary/aromatic N) is 2. The maximum Gasteiger partial charge on any atom is 0.404 e. The second kappa shape index (κ2) is 6.72. The molecule has 7 heteroatoms. The summed E-state index contributed by atoms with van der Waals surface area (Å²) in [5, 5.41) is 20.3. The van der Waals surface area contributed by atoms with Crippen LogP contribution in [-0.2, 0) is 6.42 Å². The summed E-state index contributed by atoms with van der Waals surface area (Å²) in [6.45, 7) is -0.0798. The zero-order valence-corrected chi connectivity index (χ0v) is 13.0. The Labute approximate surface area is 138 Å². The van der Waals surface area contributed by atoms with Gasteiger partial charge >= 0.3 is 6.09 Å². The maximum atomic E-state index is 13.0. The molecule has 1 aliphatic rings. The van der Waals surface area contributed by atoms with Gasteiger partial charge in [-0.05, 0) is 25.0 Å². The van der Waals surface area contributed by atoms with E-state index in [1.807, 2.05) is 0 Å². The molecule has 3 rings (SSSR count). The highest BCUT2D eigenvalue weighted by atomic mass is 16.4. The Kier molecular flexibility index (Phi) is 4.49. The minimum absolute atomic E-state index is 0.119. The van der Waals surface area contributed by atoms with Crippen LogP contribution >= 0.6 is 0 Å². The van der Waals surface area contributed by atoms with E-state index in [1.165, 1.54) is 0 Å². The summed E-state index contributed by atoms with van der Waals surface area (Å²) in [5.74, 6) is 5.94. The van der Waals surface area contributed by atoms with Gasteiger partial charge in [0.15, 0.2) is 0 Å². The zero-order valence-electron chi connectivity index (χ0n) is 13.0. The summed E-state index contributed by atoms with van der Waals surface area (Å²) in [4.78, 5) is 28.1. The van der Waals surface area contributed by atoms with Crippen LogP contribution in [0.4, 0.5) is 4.79 Å². The first-order valence-corrected chi connectivity index (χ1v) is 7.72. The van der Waals surface area contributed by atoms with Crippen molar-refractivity contribution in [1.82, 2.24) is 14.9 Å². The lowest BCUT2D eigenvalue weighted by Gasteiger charge is -2.13. The number of fused-ring (bicyclic) bond motifs is 1. The Balaban J connectivity index is 2.11. The Hall–Kier alpha value is -2.85. The molecule has 0 radical (unpaired) electrons. The molecule has 2 aromatic rings. The molecular formula is C17H17N3O4. The molecule has 1 saturated carbocycles. The van der Waals surface area contributed by atoms with Crippen molar-refractivity contribution in [1.29, 1.82) is 0 Å². The monoisotopic (exact) mass is 327 g/mol. The fourth-order valence-corrected chi connectivity index (χ4v) is 2.69. The van der Waals surface area contributed by atoms with Gasteiger partial charge in [0.25, 0.3) is 5.56 Å². The Morgan fingerprint density at radius 3 is 2.88 bits per heavy atom. The van der Waals surface area contributed by atoms with Crippen LogP contribution in [0, 0.1) is 11.8 Å². The van der Waals surface area contributed by atoms with Crippen LogP contribution in [0.25, 0.3) is 10.9 Å². The molecule has 1 aliphatic carbocycles. The third-order valence-corrected chi connectivity index (χ3v) is 3.84. The predicted molar refractivity (Wildman–Crippen MR) is 88.0 cm³/mol. The fraction of sp³-hybridized carbons (Fsp3) is 0.353. The van der Waals surface area contributed by atoms with Gasteiger partial charge in [0, 0.05) is 24.6 Å². The summed E-state index contributed by atoms with van der Waals surface area (Å²) < 4.78 is 1.66. The highest BCUT2D eigenvalue weighted by molar-refractivity contribution is 5.84. The van der Waals surface area contributed by atoms with Crippen LogP contribution in [0.3, 0.4) is 0 Å². The molecule has 0 atom stereocenters. The first-order valence-electron chi connectivity index (χ1n) is 7.72. The average molecular weight is 327 g/mol. The van der Waals surface area contributed by atoms with E-state index in [0.29, 0.717) is 28.7 Å². The number of aliphatic hydroxyl groups is 1. The van der Waals surface area contributed by atoms with Crippen LogP contribution in [0.2, 0.25) is 0 Å². The van der Waals surface area contributed by atoms with Crippen LogP contribution in [0.1, 0.15) is 30.3 Å². The van der Waals surface area contributed by atoms with Gasteiger partial charge in [-0.15, -0.1) is 0 Å². The maximum absolute atomic E-state index is 13.0. The van der Waals surface area contributed by atoms with E-state index in [4.69, 9.17) is 10.2 Å². The van der Waals surface area contributed by atoms with Crippen LogP contribution in [0.5, 0.6) is 0 Å². The van der Waals surface area contributed by atoms with Crippen molar-refractivity contribution in [2.45, 2.75) is 25.3 Å². The van der Waals surface area contributed by atoms with Gasteiger partial charge in [0.2, 0.25) is 0 Å². The van der Waals surface area contributed by atoms with E-state index < -0.39 is 6.09 Å². The number of carboxylic acid groups (broad SMARTS) is 1. The third kappa shape index (κ3) is 3.24. The molecule has 1 amide bonds. The smallest absolute Gasteiger partial charge is 0.404 e. The van der Waals surface area contributed by atoms with Gasteiger partial charge in [-0.3, -0.25) is 9.36 Å². The second-order valence-corrected chi connectivity index (χ2v) is 5.58. The largest absolute Gasteiger partial charge is 0.465 e. The van der Waals surface area contributed by atoms with E-state index in [-0.39, 0.29) is 24.8 Å². The number of aliphatic hydroxyl groups excluding tert-OH is 1. The topological polar surface area (TPSA) is 104 Å². The number of aromatic nitrogens is 2. The van der Waals surface area contributed by atoms with Gasteiger partial charge < -0.3 is 15.5 Å². The average Bonchev–Trinajstić information content (AvgIpc) is 3.37. The van der Waals surface area contributed by atoms with Crippen molar-refractivity contribution < 1.29 is 15.0 Å². The summed E-state index contributed by atoms with van der Waals surface area (Å²) in [6, 6.07) is 5.35. The molecule has 124 valence electrons. The quantitative estimate of drug-likeness (QED) is 0.723. The molecule has 0 saturated heterocycles. The van der Waals surface area contributed by atoms with Crippen LogP contribution < -0.4 is 10.9 Å². The highest BCUT2D eigenvalue weighted by Crippen LogP contribution is 2.34.